The van der Waals surface area contributed by atoms with Crippen LogP contribution in [0.25, 0.3) is 0 Å². The van der Waals surface area contributed by atoms with Gasteiger partial charge in [0.25, 0.3) is 0 Å². The fourth-order valence-corrected chi connectivity index (χ4v) is 1.55. The summed E-state index contributed by atoms with van der Waals surface area (Å²) in [6, 6.07) is 5.01. The largest absolute Gasteiger partial charge is 0.462 e. The highest BCUT2D eigenvalue weighted by atomic mass is 35.5. The second-order valence-electron chi connectivity index (χ2n) is 3.00. The van der Waals surface area contributed by atoms with E-state index in [1.807, 2.05) is 6.07 Å². The SMILES string of the molecule is CCOC(=O)c1ccc(CN)c(Cl)c1C#N. The van der Waals surface area contributed by atoms with Gasteiger partial charge in [-0.25, -0.2) is 4.79 Å². The zero-order valence-electron chi connectivity index (χ0n) is 8.79. The van der Waals surface area contributed by atoms with Gasteiger partial charge in [-0.3, -0.25) is 0 Å². The van der Waals surface area contributed by atoms with Gasteiger partial charge in [-0.15, -0.1) is 0 Å². The molecule has 0 fully saturated rings. The highest BCUT2D eigenvalue weighted by molar-refractivity contribution is 6.33. The van der Waals surface area contributed by atoms with Gasteiger partial charge in [0, 0.05) is 6.54 Å². The minimum atomic E-state index is -0.551. The first-order valence-corrected chi connectivity index (χ1v) is 5.12. The summed E-state index contributed by atoms with van der Waals surface area (Å²) in [5, 5.41) is 9.17. The Kier molecular flexibility index (Phi) is 4.29. The first kappa shape index (κ1) is 12.5. The minimum Gasteiger partial charge on any atom is -0.462 e. The quantitative estimate of drug-likeness (QED) is 0.816. The first-order valence-electron chi connectivity index (χ1n) is 4.74. The molecule has 0 unspecified atom stereocenters. The van der Waals surface area contributed by atoms with Crippen molar-refractivity contribution in [2.45, 2.75) is 13.5 Å². The van der Waals surface area contributed by atoms with Crippen LogP contribution in [0.15, 0.2) is 12.1 Å². The Hall–Kier alpha value is -1.57. The highest BCUT2D eigenvalue weighted by Gasteiger charge is 2.17. The molecule has 16 heavy (non-hydrogen) atoms. The van der Waals surface area contributed by atoms with E-state index in [9.17, 15) is 4.79 Å². The number of nitrogens with two attached hydrogens (primary N) is 1. The zero-order chi connectivity index (χ0) is 12.1. The number of hydrogen-bond donors (Lipinski definition) is 1. The molecule has 0 aliphatic heterocycles. The molecule has 0 aliphatic rings. The molecule has 4 nitrogen and oxygen atoms in total. The van der Waals surface area contributed by atoms with E-state index in [-0.39, 0.29) is 29.3 Å². The van der Waals surface area contributed by atoms with Gasteiger partial charge in [0.05, 0.1) is 22.8 Å². The van der Waals surface area contributed by atoms with Crippen LogP contribution in [0.1, 0.15) is 28.4 Å². The van der Waals surface area contributed by atoms with Crippen molar-refractivity contribution in [3.63, 3.8) is 0 Å². The lowest BCUT2D eigenvalue weighted by Gasteiger charge is -2.08. The number of nitriles is 1. The summed E-state index contributed by atoms with van der Waals surface area (Å²) in [7, 11) is 0. The summed E-state index contributed by atoms with van der Waals surface area (Å²) >= 11 is 5.95. The number of carbonyl (C=O) groups is 1. The molecule has 2 N–H and O–H groups in total. The molecule has 0 spiro atoms. The van der Waals surface area contributed by atoms with Crippen molar-refractivity contribution >= 4 is 17.6 Å². The van der Waals surface area contributed by atoms with E-state index in [2.05, 4.69) is 0 Å². The second-order valence-corrected chi connectivity index (χ2v) is 3.38. The lowest BCUT2D eigenvalue weighted by molar-refractivity contribution is 0.0526. The number of rotatable bonds is 3. The number of esters is 1. The first-order chi connectivity index (χ1) is 7.65. The molecule has 0 heterocycles. The Morgan fingerprint density at radius 2 is 2.31 bits per heavy atom. The third-order valence-corrected chi connectivity index (χ3v) is 2.48. The third-order valence-electron chi connectivity index (χ3n) is 2.05. The van der Waals surface area contributed by atoms with Crippen molar-refractivity contribution in [3.8, 4) is 6.07 Å². The van der Waals surface area contributed by atoms with Crippen molar-refractivity contribution < 1.29 is 9.53 Å². The van der Waals surface area contributed by atoms with E-state index >= 15 is 0 Å². The molecule has 0 aromatic heterocycles. The summed E-state index contributed by atoms with van der Waals surface area (Å²) in [6.07, 6.45) is 0. The maximum Gasteiger partial charge on any atom is 0.339 e. The van der Waals surface area contributed by atoms with E-state index in [0.717, 1.165) is 0 Å². The number of carbonyl (C=O) groups excluding carboxylic acids is 1. The number of nitrogens with zero attached hydrogens (tertiary/aromatic N) is 1. The van der Waals surface area contributed by atoms with Gasteiger partial charge < -0.3 is 10.5 Å². The van der Waals surface area contributed by atoms with Crippen molar-refractivity contribution in [3.05, 3.63) is 33.8 Å². The predicted molar refractivity (Wildman–Crippen MR) is 60.0 cm³/mol. The topological polar surface area (TPSA) is 76.1 Å². The molecule has 0 radical (unpaired) electrons. The average Bonchev–Trinajstić information content (AvgIpc) is 2.28. The third kappa shape index (κ3) is 2.32. The molecular weight excluding hydrogens is 228 g/mol. The fourth-order valence-electron chi connectivity index (χ4n) is 1.27. The number of ether oxygens (including phenoxy) is 1. The van der Waals surface area contributed by atoms with Gasteiger partial charge in [-0.1, -0.05) is 17.7 Å². The van der Waals surface area contributed by atoms with Crippen LogP contribution in [0, 0.1) is 11.3 Å². The fraction of sp³-hybridized carbons (Fsp3) is 0.273. The van der Waals surface area contributed by atoms with E-state index in [1.54, 1.807) is 13.0 Å². The minimum absolute atomic E-state index is 0.114. The molecule has 0 saturated carbocycles. The van der Waals surface area contributed by atoms with Gasteiger partial charge in [0.2, 0.25) is 0 Å². The van der Waals surface area contributed by atoms with Crippen molar-refractivity contribution in [1.29, 1.82) is 5.26 Å². The molecule has 5 heteroatoms. The van der Waals surface area contributed by atoms with Crippen molar-refractivity contribution in [2.75, 3.05) is 6.61 Å². The molecule has 0 amide bonds. The number of benzene rings is 1. The average molecular weight is 239 g/mol. The Bertz CT molecular complexity index is 452. The predicted octanol–water partition coefficient (Wildman–Crippen LogP) is 1.85. The lowest BCUT2D eigenvalue weighted by Crippen LogP contribution is -2.09. The lowest BCUT2D eigenvalue weighted by atomic mass is 10.0. The van der Waals surface area contributed by atoms with Gasteiger partial charge in [0.15, 0.2) is 0 Å². The normalized spacial score (nSPS) is 9.62. The maximum atomic E-state index is 11.5. The Morgan fingerprint density at radius 1 is 1.62 bits per heavy atom. The zero-order valence-corrected chi connectivity index (χ0v) is 9.54. The molecule has 1 rings (SSSR count). The molecule has 0 bridgehead atoms. The van der Waals surface area contributed by atoms with Crippen molar-refractivity contribution in [1.82, 2.24) is 0 Å². The molecule has 0 saturated heterocycles. The summed E-state index contributed by atoms with van der Waals surface area (Å²) in [5.41, 5.74) is 6.37. The summed E-state index contributed by atoms with van der Waals surface area (Å²) in [4.78, 5) is 11.5. The van der Waals surface area contributed by atoms with Gasteiger partial charge in [-0.2, -0.15) is 5.26 Å². The van der Waals surface area contributed by atoms with Crippen LogP contribution in [0.2, 0.25) is 5.02 Å². The van der Waals surface area contributed by atoms with Crippen LogP contribution in [-0.4, -0.2) is 12.6 Å². The van der Waals surface area contributed by atoms with Crippen LogP contribution in [-0.2, 0) is 11.3 Å². The van der Waals surface area contributed by atoms with Crippen LogP contribution in [0.4, 0.5) is 0 Å². The summed E-state index contributed by atoms with van der Waals surface area (Å²) in [6.45, 7) is 2.16. The van der Waals surface area contributed by atoms with Crippen LogP contribution >= 0.6 is 11.6 Å². The maximum absolute atomic E-state index is 11.5. The van der Waals surface area contributed by atoms with Crippen LogP contribution in [0.3, 0.4) is 0 Å². The van der Waals surface area contributed by atoms with Gasteiger partial charge in [-0.05, 0) is 18.6 Å². The Balaban J connectivity index is 3.27. The summed E-state index contributed by atoms with van der Waals surface area (Å²) in [5.74, 6) is -0.551. The second kappa shape index (κ2) is 5.50. The van der Waals surface area contributed by atoms with E-state index in [4.69, 9.17) is 27.3 Å². The molecule has 1 aromatic carbocycles. The number of halogens is 1. The molecule has 1 aromatic rings. The Labute approximate surface area is 98.6 Å². The molecule has 0 aliphatic carbocycles. The molecular formula is C11H11ClN2O2. The molecule has 0 atom stereocenters. The molecule has 84 valence electrons. The van der Waals surface area contributed by atoms with Gasteiger partial charge in [0.1, 0.15) is 6.07 Å². The Morgan fingerprint density at radius 3 is 2.81 bits per heavy atom. The monoisotopic (exact) mass is 238 g/mol. The smallest absolute Gasteiger partial charge is 0.339 e. The van der Waals surface area contributed by atoms with Crippen LogP contribution in [0.5, 0.6) is 0 Å². The van der Waals surface area contributed by atoms with Gasteiger partial charge >= 0.3 is 5.97 Å². The number of hydrogen-bond acceptors (Lipinski definition) is 4. The van der Waals surface area contributed by atoms with E-state index < -0.39 is 5.97 Å². The summed E-state index contributed by atoms with van der Waals surface area (Å²) < 4.78 is 4.82. The van der Waals surface area contributed by atoms with E-state index in [1.165, 1.54) is 6.07 Å². The highest BCUT2D eigenvalue weighted by Crippen LogP contribution is 2.24. The van der Waals surface area contributed by atoms with E-state index in [0.29, 0.717) is 5.56 Å². The van der Waals surface area contributed by atoms with Crippen LogP contribution < -0.4 is 5.73 Å². The van der Waals surface area contributed by atoms with Crippen molar-refractivity contribution in [2.24, 2.45) is 5.73 Å². The standard InChI is InChI=1S/C11H11ClN2O2/c1-2-16-11(15)8-4-3-7(5-13)10(12)9(8)6-14/h3-4H,2,5,13H2,1H3.